The number of sulfonamides is 2. The lowest BCUT2D eigenvalue weighted by Crippen LogP contribution is -2.34. The van der Waals surface area contributed by atoms with Crippen LogP contribution in [0.25, 0.3) is 0 Å². The Bertz CT molecular complexity index is 723. The molecule has 13 heteroatoms. The summed E-state index contributed by atoms with van der Waals surface area (Å²) in [5.74, 6) is -0.441. The molecule has 1 aromatic heterocycles. The van der Waals surface area contributed by atoms with E-state index in [-0.39, 0.29) is 22.3 Å². The van der Waals surface area contributed by atoms with Crippen molar-refractivity contribution < 1.29 is 21.8 Å². The van der Waals surface area contributed by atoms with Gasteiger partial charge in [-0.15, -0.1) is 0 Å². The van der Waals surface area contributed by atoms with Gasteiger partial charge in [-0.1, -0.05) is 18.3 Å². The molecule has 0 fully saturated rings. The molecule has 0 saturated heterocycles. The molecule has 0 unspecified atom stereocenters. The molecule has 0 radical (unpaired) electrons. The molecular weight excluding hydrogens is 344 g/mol. The number of nitro groups is 1. The maximum Gasteiger partial charge on any atom is 0.304 e. The summed E-state index contributed by atoms with van der Waals surface area (Å²) in [6.45, 7) is 1.43. The number of anilines is 1. The molecule has 0 atom stereocenters. The number of hydrogen-bond donors (Lipinski definition) is 3. The van der Waals surface area contributed by atoms with Crippen LogP contribution in [-0.4, -0.2) is 40.6 Å². The minimum atomic E-state index is -4.04. The van der Waals surface area contributed by atoms with E-state index in [1.165, 1.54) is 0 Å². The highest BCUT2D eigenvalue weighted by Gasteiger charge is 2.24. The van der Waals surface area contributed by atoms with Crippen molar-refractivity contribution in [2.45, 2.75) is 11.1 Å². The lowest BCUT2D eigenvalue weighted by atomic mass is 10.5. The number of nitrogens with one attached hydrogen (secondary N) is 2. The van der Waals surface area contributed by atoms with Gasteiger partial charge < -0.3 is 5.73 Å². The van der Waals surface area contributed by atoms with Crippen LogP contribution < -0.4 is 15.2 Å². The lowest BCUT2D eigenvalue weighted by molar-refractivity contribution is -0.383. The summed E-state index contributed by atoms with van der Waals surface area (Å²) in [5, 5.41) is 10.4. The van der Waals surface area contributed by atoms with Crippen LogP contribution >= 0.6 is 11.3 Å². The third-order valence-corrected chi connectivity index (χ3v) is 6.56. The molecule has 4 N–H and O–H groups in total. The van der Waals surface area contributed by atoms with Gasteiger partial charge in [-0.05, 0) is 0 Å². The Labute approximate surface area is 125 Å². The molecule has 0 spiro atoms. The summed E-state index contributed by atoms with van der Waals surface area (Å²) in [4.78, 5) is 9.82. The highest BCUT2D eigenvalue weighted by atomic mass is 32.2. The SMILES string of the molecule is CCNS(=O)(=O)CCNS(=O)(=O)c1cc([N+](=O)[O-])c(N)s1. The van der Waals surface area contributed by atoms with Gasteiger partial charge in [-0.3, -0.25) is 10.1 Å². The van der Waals surface area contributed by atoms with Crippen LogP contribution in [0.5, 0.6) is 0 Å². The normalized spacial score (nSPS) is 12.4. The molecule has 10 nitrogen and oxygen atoms in total. The molecule has 0 bridgehead atoms. The van der Waals surface area contributed by atoms with E-state index in [9.17, 15) is 26.9 Å². The fraction of sp³-hybridized carbons (Fsp3) is 0.500. The van der Waals surface area contributed by atoms with E-state index in [4.69, 9.17) is 5.73 Å². The fourth-order valence-corrected chi connectivity index (χ4v) is 4.70. The number of nitrogens with two attached hydrogens (primary N) is 1. The largest absolute Gasteiger partial charge is 0.385 e. The van der Waals surface area contributed by atoms with Crippen molar-refractivity contribution in [2.24, 2.45) is 0 Å². The number of nitrogens with zero attached hydrogens (tertiary/aromatic N) is 1. The molecule has 120 valence electrons. The standard InChI is InChI=1S/C8H14N4O6S3/c1-2-10-20(15,16)4-3-11-21(17,18)7-5-6(12(13)14)8(9)19-7/h5,10-11H,2-4,9H2,1H3. The highest BCUT2D eigenvalue weighted by Crippen LogP contribution is 2.34. The number of rotatable bonds is 8. The molecule has 1 aromatic rings. The van der Waals surface area contributed by atoms with Crippen molar-refractivity contribution >= 4 is 42.1 Å². The summed E-state index contributed by atoms with van der Waals surface area (Å²) in [6, 6.07) is 0.834. The predicted octanol–water partition coefficient (Wildman–Crippen LogP) is -0.544. The first-order chi connectivity index (χ1) is 9.59. The van der Waals surface area contributed by atoms with E-state index < -0.39 is 36.4 Å². The minimum absolute atomic E-state index is 0.197. The Morgan fingerprint density at radius 1 is 1.33 bits per heavy atom. The molecule has 0 saturated carbocycles. The van der Waals surface area contributed by atoms with E-state index >= 15 is 0 Å². The lowest BCUT2D eigenvalue weighted by Gasteiger charge is -2.05. The molecule has 1 rings (SSSR count). The Kier molecular flexibility index (Phi) is 5.63. The zero-order valence-corrected chi connectivity index (χ0v) is 13.3. The second-order valence-corrected chi connectivity index (χ2v) is 8.79. The number of nitrogen functional groups attached to an aromatic ring is 1. The number of hydrogen-bond acceptors (Lipinski definition) is 8. The molecule has 0 aliphatic rings. The molecule has 0 aliphatic heterocycles. The van der Waals surface area contributed by atoms with Gasteiger partial charge in [0.25, 0.3) is 0 Å². The first-order valence-electron chi connectivity index (χ1n) is 5.59. The Morgan fingerprint density at radius 3 is 2.43 bits per heavy atom. The van der Waals surface area contributed by atoms with E-state index in [0.29, 0.717) is 11.3 Å². The summed E-state index contributed by atoms with van der Waals surface area (Å²) in [6.07, 6.45) is 0. The van der Waals surface area contributed by atoms with Crippen molar-refractivity contribution in [1.82, 2.24) is 9.44 Å². The molecule has 21 heavy (non-hydrogen) atoms. The van der Waals surface area contributed by atoms with Crippen LogP contribution in [0, 0.1) is 10.1 Å². The first kappa shape index (κ1) is 17.8. The van der Waals surface area contributed by atoms with E-state index in [0.717, 1.165) is 6.07 Å². The van der Waals surface area contributed by atoms with E-state index in [1.807, 2.05) is 0 Å². The van der Waals surface area contributed by atoms with Gasteiger partial charge in [0.1, 0.15) is 4.21 Å². The molecular formula is C8H14N4O6S3. The van der Waals surface area contributed by atoms with Crippen molar-refractivity contribution in [3.05, 3.63) is 16.2 Å². The van der Waals surface area contributed by atoms with Crippen molar-refractivity contribution in [1.29, 1.82) is 0 Å². The Morgan fingerprint density at radius 2 is 1.95 bits per heavy atom. The monoisotopic (exact) mass is 358 g/mol. The smallest absolute Gasteiger partial charge is 0.304 e. The first-order valence-corrected chi connectivity index (χ1v) is 9.55. The third-order valence-electron chi connectivity index (χ3n) is 2.21. The van der Waals surface area contributed by atoms with Crippen LogP contribution in [0.2, 0.25) is 0 Å². The van der Waals surface area contributed by atoms with Gasteiger partial charge in [0.2, 0.25) is 20.0 Å². The van der Waals surface area contributed by atoms with Gasteiger partial charge in [-0.25, -0.2) is 26.3 Å². The highest BCUT2D eigenvalue weighted by molar-refractivity contribution is 7.92. The van der Waals surface area contributed by atoms with Gasteiger partial charge in [-0.2, -0.15) is 0 Å². The van der Waals surface area contributed by atoms with Crippen LogP contribution in [0.15, 0.2) is 10.3 Å². The molecule has 0 amide bonds. The second-order valence-electron chi connectivity index (χ2n) is 3.79. The molecule has 0 aromatic carbocycles. The summed E-state index contributed by atoms with van der Waals surface area (Å²) >= 11 is 0.538. The van der Waals surface area contributed by atoms with Crippen molar-refractivity contribution in [2.75, 3.05) is 24.6 Å². The Balaban J connectivity index is 2.79. The van der Waals surface area contributed by atoms with Crippen molar-refractivity contribution in [3.63, 3.8) is 0 Å². The van der Waals surface area contributed by atoms with E-state index in [2.05, 4.69) is 9.44 Å². The average Bonchev–Trinajstić information content (AvgIpc) is 2.71. The second kappa shape index (κ2) is 6.65. The fourth-order valence-electron chi connectivity index (χ4n) is 1.32. The van der Waals surface area contributed by atoms with Gasteiger partial charge in [0.15, 0.2) is 5.00 Å². The quantitative estimate of drug-likeness (QED) is 0.415. The summed E-state index contributed by atoms with van der Waals surface area (Å²) in [7, 11) is -7.60. The average molecular weight is 358 g/mol. The number of thiophene rings is 1. The van der Waals surface area contributed by atoms with Crippen molar-refractivity contribution in [3.8, 4) is 0 Å². The zero-order chi connectivity index (χ0) is 16.3. The van der Waals surface area contributed by atoms with Gasteiger partial charge in [0.05, 0.1) is 10.7 Å². The van der Waals surface area contributed by atoms with Crippen LogP contribution in [0.3, 0.4) is 0 Å². The molecule has 1 heterocycles. The minimum Gasteiger partial charge on any atom is -0.385 e. The summed E-state index contributed by atoms with van der Waals surface area (Å²) in [5.41, 5.74) is 4.86. The zero-order valence-electron chi connectivity index (χ0n) is 10.9. The topological polar surface area (TPSA) is 162 Å². The maximum absolute atomic E-state index is 11.9. The van der Waals surface area contributed by atoms with Gasteiger partial charge >= 0.3 is 5.69 Å². The van der Waals surface area contributed by atoms with Gasteiger partial charge in [0, 0.05) is 19.2 Å². The molecule has 0 aliphatic carbocycles. The van der Waals surface area contributed by atoms with Crippen LogP contribution in [0.4, 0.5) is 10.7 Å². The van der Waals surface area contributed by atoms with Crippen LogP contribution in [-0.2, 0) is 20.0 Å². The van der Waals surface area contributed by atoms with E-state index in [1.54, 1.807) is 6.92 Å². The summed E-state index contributed by atoms with van der Waals surface area (Å²) < 4.78 is 50.4. The maximum atomic E-state index is 11.9. The predicted molar refractivity (Wildman–Crippen MR) is 78.0 cm³/mol. The van der Waals surface area contributed by atoms with Crippen LogP contribution in [0.1, 0.15) is 6.92 Å². The third kappa shape index (κ3) is 4.89. The Hall–Kier alpha value is -1.28.